The fraction of sp³-hybridized carbons (Fsp3) is 0.300. The molecule has 0 aliphatic rings. The van der Waals surface area contributed by atoms with Crippen molar-refractivity contribution in [2.45, 2.75) is 19.6 Å². The molecule has 1 aromatic carbocycles. The zero-order valence-electron chi connectivity index (χ0n) is 8.54. The van der Waals surface area contributed by atoms with Crippen LogP contribution in [0.2, 0.25) is 0 Å². The van der Waals surface area contributed by atoms with Crippen molar-refractivity contribution in [2.24, 2.45) is 0 Å². The Morgan fingerprint density at radius 2 is 2.06 bits per heavy atom. The molecular formula is C10H10F3N3. The number of nitrogens with two attached hydrogens (primary N) is 1. The smallest absolute Gasteiger partial charge is 0.397 e. The molecule has 3 nitrogen and oxygen atoms in total. The Kier molecular flexibility index (Phi) is 2.29. The van der Waals surface area contributed by atoms with Gasteiger partial charge in [-0.05, 0) is 19.1 Å². The Labute approximate surface area is 89.7 Å². The average Bonchev–Trinajstić information content (AvgIpc) is 2.59. The van der Waals surface area contributed by atoms with Gasteiger partial charge in [0.2, 0.25) is 0 Å². The fourth-order valence-corrected chi connectivity index (χ4v) is 1.65. The number of anilines is 1. The zero-order valence-corrected chi connectivity index (χ0v) is 8.54. The summed E-state index contributed by atoms with van der Waals surface area (Å²) in [4.78, 5) is 3.91. The van der Waals surface area contributed by atoms with Gasteiger partial charge < -0.3 is 10.3 Å². The number of halogens is 3. The fourth-order valence-electron chi connectivity index (χ4n) is 1.65. The molecule has 0 unspecified atom stereocenters. The first-order valence-electron chi connectivity index (χ1n) is 4.75. The number of hydrogen-bond donors (Lipinski definition) is 1. The summed E-state index contributed by atoms with van der Waals surface area (Å²) in [6.07, 6.45) is -2.90. The van der Waals surface area contributed by atoms with Crippen molar-refractivity contribution >= 4 is 16.7 Å². The number of aryl methyl sites for hydroxylation is 1. The molecule has 0 saturated carbocycles. The van der Waals surface area contributed by atoms with Crippen molar-refractivity contribution < 1.29 is 13.2 Å². The van der Waals surface area contributed by atoms with Crippen LogP contribution in [0.4, 0.5) is 18.9 Å². The Morgan fingerprint density at radius 3 is 2.62 bits per heavy atom. The van der Waals surface area contributed by atoms with Gasteiger partial charge in [0.05, 0.1) is 28.6 Å². The van der Waals surface area contributed by atoms with Crippen LogP contribution in [0, 0.1) is 0 Å². The number of rotatable bonds is 1. The van der Waals surface area contributed by atoms with Crippen LogP contribution >= 0.6 is 0 Å². The maximum absolute atomic E-state index is 12.5. The second-order valence-electron chi connectivity index (χ2n) is 3.46. The summed E-state index contributed by atoms with van der Waals surface area (Å²) in [5, 5.41) is 0. The quantitative estimate of drug-likeness (QED) is 0.764. The Hall–Kier alpha value is -1.72. The molecule has 2 rings (SSSR count). The lowest BCUT2D eigenvalue weighted by Crippen LogP contribution is -2.06. The summed E-state index contributed by atoms with van der Waals surface area (Å²) >= 11 is 0. The third kappa shape index (κ3) is 1.60. The zero-order chi connectivity index (χ0) is 11.9. The lowest BCUT2D eigenvalue weighted by atomic mass is 10.1. The van der Waals surface area contributed by atoms with Crippen LogP contribution in [0.5, 0.6) is 0 Å². The highest BCUT2D eigenvalue weighted by molar-refractivity contribution is 5.88. The molecule has 0 saturated heterocycles. The molecule has 1 heterocycles. The highest BCUT2D eigenvalue weighted by Gasteiger charge is 2.31. The predicted molar refractivity (Wildman–Crippen MR) is 54.8 cm³/mol. The first kappa shape index (κ1) is 10.8. The van der Waals surface area contributed by atoms with E-state index < -0.39 is 11.7 Å². The normalized spacial score (nSPS) is 12.2. The number of fused-ring (bicyclic) bond motifs is 1. The summed E-state index contributed by atoms with van der Waals surface area (Å²) in [6, 6.07) is 1.95. The van der Waals surface area contributed by atoms with Gasteiger partial charge in [-0.1, -0.05) is 0 Å². The second kappa shape index (κ2) is 3.40. The van der Waals surface area contributed by atoms with Crippen molar-refractivity contribution in [1.82, 2.24) is 9.55 Å². The molecule has 1 aromatic heterocycles. The minimum atomic E-state index is -4.39. The molecule has 2 aromatic rings. The lowest BCUT2D eigenvalue weighted by molar-refractivity contribution is -0.137. The maximum atomic E-state index is 12.5. The van der Waals surface area contributed by atoms with Gasteiger partial charge in [-0.25, -0.2) is 4.98 Å². The van der Waals surface area contributed by atoms with Crippen molar-refractivity contribution in [2.75, 3.05) is 5.73 Å². The van der Waals surface area contributed by atoms with Crippen LogP contribution in [-0.4, -0.2) is 9.55 Å². The van der Waals surface area contributed by atoms with Gasteiger partial charge in [0, 0.05) is 6.54 Å². The van der Waals surface area contributed by atoms with E-state index in [0.717, 1.165) is 12.1 Å². The summed E-state index contributed by atoms with van der Waals surface area (Å²) in [6.45, 7) is 2.49. The highest BCUT2D eigenvalue weighted by Crippen LogP contribution is 2.33. The van der Waals surface area contributed by atoms with Crippen LogP contribution in [0.1, 0.15) is 12.5 Å². The standard InChI is InChI=1S/C10H10F3N3/c1-2-16-5-15-8-4-6(10(11,12)13)3-7(14)9(8)16/h3-5H,2,14H2,1H3. The molecule has 86 valence electrons. The molecule has 16 heavy (non-hydrogen) atoms. The van der Waals surface area contributed by atoms with Crippen LogP contribution in [0.3, 0.4) is 0 Å². The highest BCUT2D eigenvalue weighted by atomic mass is 19.4. The van der Waals surface area contributed by atoms with Crippen molar-refractivity contribution in [3.8, 4) is 0 Å². The van der Waals surface area contributed by atoms with Gasteiger partial charge in [0.25, 0.3) is 0 Å². The van der Waals surface area contributed by atoms with E-state index in [4.69, 9.17) is 5.73 Å². The first-order chi connectivity index (χ1) is 7.43. The lowest BCUT2D eigenvalue weighted by Gasteiger charge is -2.09. The van der Waals surface area contributed by atoms with E-state index in [2.05, 4.69) is 4.98 Å². The summed E-state index contributed by atoms with van der Waals surface area (Å²) in [5.74, 6) is 0. The number of alkyl halides is 3. The largest absolute Gasteiger partial charge is 0.416 e. The van der Waals surface area contributed by atoms with Crippen LogP contribution in [0.25, 0.3) is 11.0 Å². The molecule has 0 amide bonds. The van der Waals surface area contributed by atoms with E-state index in [1.54, 1.807) is 4.57 Å². The second-order valence-corrected chi connectivity index (χ2v) is 3.46. The van der Waals surface area contributed by atoms with Gasteiger partial charge >= 0.3 is 6.18 Å². The topological polar surface area (TPSA) is 43.8 Å². The van der Waals surface area contributed by atoms with E-state index in [1.165, 1.54) is 6.33 Å². The summed E-state index contributed by atoms with van der Waals surface area (Å²) < 4.78 is 39.2. The number of nitrogen functional groups attached to an aromatic ring is 1. The number of aromatic nitrogens is 2. The van der Waals surface area contributed by atoms with Gasteiger partial charge in [0.1, 0.15) is 0 Å². The average molecular weight is 229 g/mol. The van der Waals surface area contributed by atoms with Gasteiger partial charge in [-0.2, -0.15) is 13.2 Å². The molecule has 0 bridgehead atoms. The molecule has 0 spiro atoms. The molecule has 2 N–H and O–H groups in total. The molecule has 0 radical (unpaired) electrons. The Balaban J connectivity index is 2.70. The third-order valence-electron chi connectivity index (χ3n) is 2.41. The van der Waals surface area contributed by atoms with E-state index in [9.17, 15) is 13.2 Å². The molecule has 0 aliphatic heterocycles. The number of nitrogens with zero attached hydrogens (tertiary/aromatic N) is 2. The SMILES string of the molecule is CCn1cnc2cc(C(F)(F)F)cc(N)c21. The maximum Gasteiger partial charge on any atom is 0.416 e. The molecule has 6 heteroatoms. The van der Waals surface area contributed by atoms with Gasteiger partial charge in [-0.15, -0.1) is 0 Å². The number of benzene rings is 1. The third-order valence-corrected chi connectivity index (χ3v) is 2.41. The van der Waals surface area contributed by atoms with E-state index in [0.29, 0.717) is 12.1 Å². The van der Waals surface area contributed by atoms with E-state index in [-0.39, 0.29) is 11.2 Å². The van der Waals surface area contributed by atoms with Crippen molar-refractivity contribution in [1.29, 1.82) is 0 Å². The van der Waals surface area contributed by atoms with Crippen LogP contribution in [0.15, 0.2) is 18.5 Å². The van der Waals surface area contributed by atoms with Crippen LogP contribution < -0.4 is 5.73 Å². The van der Waals surface area contributed by atoms with Crippen molar-refractivity contribution in [3.63, 3.8) is 0 Å². The number of imidazole rings is 1. The van der Waals surface area contributed by atoms with Crippen molar-refractivity contribution in [3.05, 3.63) is 24.0 Å². The monoisotopic (exact) mass is 229 g/mol. The molecule has 0 fully saturated rings. The number of hydrogen-bond acceptors (Lipinski definition) is 2. The van der Waals surface area contributed by atoms with Crippen LogP contribution in [-0.2, 0) is 12.7 Å². The molecular weight excluding hydrogens is 219 g/mol. The van der Waals surface area contributed by atoms with E-state index >= 15 is 0 Å². The predicted octanol–water partition coefficient (Wildman–Crippen LogP) is 2.66. The Bertz CT molecular complexity index is 528. The minimum absolute atomic E-state index is 0.101. The Morgan fingerprint density at radius 1 is 1.38 bits per heavy atom. The summed E-state index contributed by atoms with van der Waals surface area (Å²) in [7, 11) is 0. The first-order valence-corrected chi connectivity index (χ1v) is 4.75. The van der Waals surface area contributed by atoms with Gasteiger partial charge in [-0.3, -0.25) is 0 Å². The summed E-state index contributed by atoms with van der Waals surface area (Å²) in [5.41, 5.74) is 5.77. The molecule has 0 atom stereocenters. The van der Waals surface area contributed by atoms with Gasteiger partial charge in [0.15, 0.2) is 0 Å². The molecule has 0 aliphatic carbocycles. The van der Waals surface area contributed by atoms with E-state index in [1.807, 2.05) is 6.92 Å². The minimum Gasteiger partial charge on any atom is -0.397 e.